The molecule has 0 aromatic heterocycles. The average Bonchev–Trinajstić information content (AvgIpc) is 3.22. The number of aliphatic hydroxyl groups is 1. The van der Waals surface area contributed by atoms with Crippen molar-refractivity contribution in [2.24, 2.45) is 11.1 Å². The van der Waals surface area contributed by atoms with E-state index >= 15 is 0 Å². The fraction of sp³-hybridized carbons (Fsp3) is 0.459. The molecular weight excluding hydrogens is 507 g/mol. The third-order valence-corrected chi connectivity index (χ3v) is 7.09. The highest BCUT2D eigenvalue weighted by molar-refractivity contribution is 5.51. The SMILES string of the molecule is C/C=C\C1=C(C)C=C2CCC(O)C2(C)C1.C=CN.CC.CCc1cc(F)ccc1NC(C)C.Cc1ccc(C)cc1. The lowest BCUT2D eigenvalue weighted by Crippen LogP contribution is -2.30. The molecule has 0 spiro atoms. The van der Waals surface area contributed by atoms with Crippen molar-refractivity contribution >= 4 is 5.69 Å². The van der Waals surface area contributed by atoms with E-state index in [1.54, 1.807) is 12.1 Å². The van der Waals surface area contributed by atoms with Crippen molar-refractivity contribution in [3.05, 3.63) is 113 Å². The Bertz CT molecular complexity index is 1110. The van der Waals surface area contributed by atoms with Gasteiger partial charge in [-0.2, -0.15) is 0 Å². The first kappa shape index (κ1) is 37.9. The maximum atomic E-state index is 12.8. The van der Waals surface area contributed by atoms with Crippen molar-refractivity contribution in [1.82, 2.24) is 0 Å². The summed E-state index contributed by atoms with van der Waals surface area (Å²) in [5, 5.41) is 13.4. The van der Waals surface area contributed by atoms with Crippen LogP contribution in [-0.4, -0.2) is 17.3 Å². The highest BCUT2D eigenvalue weighted by Gasteiger charge is 2.43. The van der Waals surface area contributed by atoms with E-state index in [-0.39, 0.29) is 17.3 Å². The van der Waals surface area contributed by atoms with Gasteiger partial charge in [0.2, 0.25) is 0 Å². The van der Waals surface area contributed by atoms with Gasteiger partial charge in [0.05, 0.1) is 6.10 Å². The summed E-state index contributed by atoms with van der Waals surface area (Å²) in [6.45, 7) is 23.9. The summed E-state index contributed by atoms with van der Waals surface area (Å²) in [5.74, 6) is -0.161. The summed E-state index contributed by atoms with van der Waals surface area (Å²) in [7, 11) is 0. The molecule has 4 rings (SSSR count). The van der Waals surface area contributed by atoms with E-state index < -0.39 is 0 Å². The normalized spacial score (nSPS) is 18.8. The maximum Gasteiger partial charge on any atom is 0.123 e. The Labute approximate surface area is 251 Å². The monoisotopic (exact) mass is 564 g/mol. The van der Waals surface area contributed by atoms with Gasteiger partial charge >= 0.3 is 0 Å². The number of anilines is 1. The Balaban J connectivity index is 0.000000560. The van der Waals surface area contributed by atoms with Crippen LogP contribution in [0.3, 0.4) is 0 Å². The van der Waals surface area contributed by atoms with Crippen LogP contribution >= 0.6 is 0 Å². The van der Waals surface area contributed by atoms with Gasteiger partial charge < -0.3 is 16.2 Å². The van der Waals surface area contributed by atoms with Gasteiger partial charge in [-0.3, -0.25) is 0 Å². The number of aliphatic hydroxyl groups excluding tert-OH is 1. The number of nitrogens with one attached hydrogen (secondary N) is 1. The zero-order valence-corrected chi connectivity index (χ0v) is 27.4. The number of halogens is 1. The molecule has 0 bridgehead atoms. The van der Waals surface area contributed by atoms with Gasteiger partial charge in [-0.25, -0.2) is 4.39 Å². The first-order chi connectivity index (χ1) is 19.4. The molecule has 0 heterocycles. The second-order valence-corrected chi connectivity index (χ2v) is 10.9. The molecule has 2 aromatic rings. The quantitative estimate of drug-likeness (QED) is 0.346. The van der Waals surface area contributed by atoms with E-state index in [1.165, 1.54) is 40.1 Å². The van der Waals surface area contributed by atoms with Gasteiger partial charge in [-0.15, -0.1) is 0 Å². The van der Waals surface area contributed by atoms with Crippen LogP contribution in [0.25, 0.3) is 0 Å². The third-order valence-electron chi connectivity index (χ3n) is 7.09. The molecule has 0 amide bonds. The topological polar surface area (TPSA) is 58.3 Å². The summed E-state index contributed by atoms with van der Waals surface area (Å²) in [5.41, 5.74) is 13.5. The minimum absolute atomic E-state index is 0.00829. The van der Waals surface area contributed by atoms with Crippen LogP contribution < -0.4 is 11.1 Å². The van der Waals surface area contributed by atoms with E-state index in [0.29, 0.717) is 6.04 Å². The van der Waals surface area contributed by atoms with Crippen LogP contribution in [0.4, 0.5) is 10.1 Å². The van der Waals surface area contributed by atoms with Gasteiger partial charge in [-0.05, 0) is 108 Å². The minimum atomic E-state index is -0.161. The van der Waals surface area contributed by atoms with E-state index in [1.807, 2.05) is 27.7 Å². The Hall–Kier alpha value is -3.11. The van der Waals surface area contributed by atoms with E-state index in [9.17, 15) is 9.50 Å². The molecule has 2 unspecified atom stereocenters. The van der Waals surface area contributed by atoms with Crippen LogP contribution in [-0.2, 0) is 6.42 Å². The molecule has 4 N–H and O–H groups in total. The first-order valence-corrected chi connectivity index (χ1v) is 15.0. The van der Waals surface area contributed by atoms with Crippen LogP contribution in [0.15, 0.2) is 90.2 Å². The summed E-state index contributed by atoms with van der Waals surface area (Å²) in [6.07, 6.45) is 11.5. The predicted molar refractivity (Wildman–Crippen MR) is 180 cm³/mol. The molecule has 2 aromatic carbocycles. The number of fused-ring (bicyclic) bond motifs is 1. The van der Waals surface area contributed by atoms with Crippen molar-refractivity contribution in [3.8, 4) is 0 Å². The van der Waals surface area contributed by atoms with Gasteiger partial charge in [0.1, 0.15) is 5.82 Å². The number of nitrogens with two attached hydrogens (primary N) is 1. The zero-order chi connectivity index (χ0) is 31.6. The molecule has 4 heteroatoms. The largest absolute Gasteiger partial charge is 0.405 e. The molecule has 1 fully saturated rings. The Morgan fingerprint density at radius 1 is 1.10 bits per heavy atom. The van der Waals surface area contributed by atoms with Crippen molar-refractivity contribution < 1.29 is 9.50 Å². The molecule has 0 aliphatic heterocycles. The second kappa shape index (κ2) is 19.9. The first-order valence-electron chi connectivity index (χ1n) is 15.0. The zero-order valence-electron chi connectivity index (χ0n) is 27.4. The van der Waals surface area contributed by atoms with Gasteiger partial charge in [0.25, 0.3) is 0 Å². The van der Waals surface area contributed by atoms with Crippen LogP contribution in [0, 0.1) is 25.1 Å². The molecule has 228 valence electrons. The lowest BCUT2D eigenvalue weighted by atomic mass is 9.72. The van der Waals surface area contributed by atoms with Crippen molar-refractivity contribution in [1.29, 1.82) is 0 Å². The predicted octanol–water partition coefficient (Wildman–Crippen LogP) is 10.00. The van der Waals surface area contributed by atoms with Crippen molar-refractivity contribution in [2.75, 3.05) is 5.32 Å². The summed E-state index contributed by atoms with van der Waals surface area (Å²) < 4.78 is 12.8. The fourth-order valence-electron chi connectivity index (χ4n) is 4.80. The number of rotatable bonds is 4. The smallest absolute Gasteiger partial charge is 0.123 e. The van der Waals surface area contributed by atoms with Crippen molar-refractivity contribution in [3.63, 3.8) is 0 Å². The maximum absolute atomic E-state index is 12.8. The Morgan fingerprint density at radius 3 is 2.10 bits per heavy atom. The van der Waals surface area contributed by atoms with Crippen LogP contribution in [0.2, 0.25) is 0 Å². The Morgan fingerprint density at radius 2 is 1.63 bits per heavy atom. The molecule has 0 saturated heterocycles. The number of allylic oxidation sites excluding steroid dienone is 5. The summed E-state index contributed by atoms with van der Waals surface area (Å²) in [6, 6.07) is 13.7. The lowest BCUT2D eigenvalue weighted by molar-refractivity contribution is 0.0835. The molecule has 0 radical (unpaired) electrons. The van der Waals surface area contributed by atoms with Crippen LogP contribution in [0.1, 0.15) is 91.3 Å². The highest BCUT2D eigenvalue weighted by atomic mass is 19.1. The molecule has 2 aliphatic rings. The second-order valence-electron chi connectivity index (χ2n) is 10.9. The molecule has 2 atom stereocenters. The van der Waals surface area contributed by atoms with Gasteiger partial charge in [0, 0.05) is 17.1 Å². The van der Waals surface area contributed by atoms with E-state index in [2.05, 4.69) is 102 Å². The average molecular weight is 565 g/mol. The van der Waals surface area contributed by atoms with Gasteiger partial charge in [0.15, 0.2) is 0 Å². The number of hydrogen-bond donors (Lipinski definition) is 3. The third kappa shape index (κ3) is 12.9. The fourth-order valence-corrected chi connectivity index (χ4v) is 4.80. The van der Waals surface area contributed by atoms with Crippen molar-refractivity contribution in [2.45, 2.75) is 107 Å². The molecular formula is C37H57FN2O. The van der Waals surface area contributed by atoms with E-state index in [4.69, 9.17) is 0 Å². The summed E-state index contributed by atoms with van der Waals surface area (Å²) in [4.78, 5) is 0. The Kier molecular flexibility index (Phi) is 18.4. The molecule has 3 nitrogen and oxygen atoms in total. The molecule has 2 aliphatic carbocycles. The number of benzene rings is 2. The standard InChI is InChI=1S/C14H20O.C11H16FN.C8H10.C2H5N.C2H6/c1-4-5-11-9-14(3)12(8-10(11)2)6-7-13(14)15;1-4-9-7-10(12)5-6-11(9)13-8(2)3;1-7-3-5-8(2)6-4-7;1-2-3;1-2/h4-5,8,13,15H,6-7,9H2,1-3H3;5-8,13H,4H2,1-3H3;3-6H,1-2H3;2H,1,3H2;1-2H3/b5-4-;;;;. The number of aryl methyl sites for hydroxylation is 3. The minimum Gasteiger partial charge on any atom is -0.405 e. The molecule has 1 saturated carbocycles. The summed E-state index contributed by atoms with van der Waals surface area (Å²) >= 11 is 0. The lowest BCUT2D eigenvalue weighted by Gasteiger charge is -2.34. The highest BCUT2D eigenvalue weighted by Crippen LogP contribution is 2.50. The van der Waals surface area contributed by atoms with Gasteiger partial charge in [-0.1, -0.05) is 93.5 Å². The number of hydrogen-bond acceptors (Lipinski definition) is 3. The molecule has 41 heavy (non-hydrogen) atoms. The van der Waals surface area contributed by atoms with E-state index in [0.717, 1.165) is 36.9 Å². The van der Waals surface area contributed by atoms with Crippen LogP contribution in [0.5, 0.6) is 0 Å².